The highest BCUT2D eigenvalue weighted by Crippen LogP contribution is 2.35. The van der Waals surface area contributed by atoms with Crippen LogP contribution in [0.25, 0.3) is 0 Å². The molecule has 0 bridgehead atoms. The fourth-order valence-corrected chi connectivity index (χ4v) is 3.90. The minimum absolute atomic E-state index is 0.249. The zero-order valence-corrected chi connectivity index (χ0v) is 12.8. The molecule has 0 aliphatic carbocycles. The molecule has 3 aliphatic rings. The van der Waals surface area contributed by atoms with Gasteiger partial charge >= 0.3 is 6.03 Å². The van der Waals surface area contributed by atoms with Crippen LogP contribution >= 0.6 is 0 Å². The van der Waals surface area contributed by atoms with Crippen LogP contribution in [0.4, 0.5) is 16.2 Å². The first kappa shape index (κ1) is 14.0. The summed E-state index contributed by atoms with van der Waals surface area (Å²) in [4.78, 5) is 14.0. The van der Waals surface area contributed by atoms with E-state index in [2.05, 4.69) is 27.7 Å². The van der Waals surface area contributed by atoms with Gasteiger partial charge in [0.1, 0.15) is 0 Å². The number of carbonyl (C=O) groups excluding carboxylic acids is 1. The lowest BCUT2D eigenvalue weighted by atomic mass is 9.88. The lowest BCUT2D eigenvalue weighted by Crippen LogP contribution is -2.43. The van der Waals surface area contributed by atoms with Crippen molar-refractivity contribution in [2.75, 3.05) is 31.6 Å². The van der Waals surface area contributed by atoms with Crippen LogP contribution in [0.5, 0.6) is 0 Å². The standard InChI is InChI=1S/C17H22N3O2/c21-17-18-15-2-1-13(11-16(15)19-17)12-3-7-20(8-4-12)14-5-9-22-10-6-14/h1-2,11-12,14H,3-10H2,(H,18,21). The average molecular weight is 300 g/mol. The monoisotopic (exact) mass is 300 g/mol. The van der Waals surface area contributed by atoms with Crippen molar-refractivity contribution in [3.63, 3.8) is 0 Å². The molecule has 2 amide bonds. The van der Waals surface area contributed by atoms with Crippen LogP contribution in [-0.4, -0.2) is 43.3 Å². The lowest BCUT2D eigenvalue weighted by molar-refractivity contribution is 0.0252. The number of hydrogen-bond acceptors (Lipinski definition) is 3. The summed E-state index contributed by atoms with van der Waals surface area (Å²) >= 11 is 0. The molecule has 0 atom stereocenters. The van der Waals surface area contributed by atoms with E-state index >= 15 is 0 Å². The summed E-state index contributed by atoms with van der Waals surface area (Å²) in [7, 11) is 0. The molecule has 5 heteroatoms. The number of rotatable bonds is 2. The number of benzene rings is 1. The molecule has 117 valence electrons. The van der Waals surface area contributed by atoms with Gasteiger partial charge in [-0.2, -0.15) is 5.32 Å². The maximum absolute atomic E-state index is 11.3. The van der Waals surface area contributed by atoms with E-state index in [1.807, 2.05) is 6.07 Å². The van der Waals surface area contributed by atoms with E-state index in [1.54, 1.807) is 0 Å². The molecule has 0 spiro atoms. The van der Waals surface area contributed by atoms with Gasteiger partial charge in [0, 0.05) is 19.3 Å². The minimum atomic E-state index is -0.249. The maximum atomic E-state index is 11.3. The number of fused-ring (bicyclic) bond motifs is 1. The van der Waals surface area contributed by atoms with E-state index in [0.29, 0.717) is 12.0 Å². The fourth-order valence-electron chi connectivity index (χ4n) is 3.90. The molecule has 0 aromatic heterocycles. The quantitative estimate of drug-likeness (QED) is 0.913. The number of anilines is 1. The number of likely N-dealkylation sites (tertiary alicyclic amines) is 1. The largest absolute Gasteiger partial charge is 0.381 e. The fraction of sp³-hybridized carbons (Fsp3) is 0.588. The Hall–Kier alpha value is -1.59. The van der Waals surface area contributed by atoms with Crippen LogP contribution in [0.1, 0.15) is 37.2 Å². The van der Waals surface area contributed by atoms with Crippen LogP contribution in [0, 0.1) is 0 Å². The summed E-state index contributed by atoms with van der Waals surface area (Å²) in [5.41, 5.74) is 2.97. The van der Waals surface area contributed by atoms with Crippen molar-refractivity contribution in [2.45, 2.75) is 37.6 Å². The summed E-state index contributed by atoms with van der Waals surface area (Å²) in [5, 5.41) is 6.77. The summed E-state index contributed by atoms with van der Waals surface area (Å²) in [6.07, 6.45) is 4.74. The smallest absolute Gasteiger partial charge is 0.346 e. The number of piperidine rings is 1. The predicted molar refractivity (Wildman–Crippen MR) is 84.6 cm³/mol. The number of nitrogens with one attached hydrogen (secondary N) is 1. The number of ether oxygens (including phenoxy) is 1. The first-order chi connectivity index (χ1) is 10.8. The van der Waals surface area contributed by atoms with Crippen molar-refractivity contribution in [3.8, 4) is 0 Å². The summed E-state index contributed by atoms with van der Waals surface area (Å²) in [6.45, 7) is 4.16. The number of amides is 2. The highest BCUT2D eigenvalue weighted by Gasteiger charge is 2.28. The SMILES string of the molecule is O=C1[N]c2cc(C3CCN(C4CCOCC4)CC3)ccc2N1. The Bertz CT molecular complexity index is 561. The van der Waals surface area contributed by atoms with Crippen molar-refractivity contribution in [3.05, 3.63) is 23.8 Å². The topological polar surface area (TPSA) is 55.7 Å². The molecule has 3 heterocycles. The van der Waals surface area contributed by atoms with Crippen LogP contribution in [0.3, 0.4) is 0 Å². The number of carbonyl (C=O) groups is 1. The molecule has 0 unspecified atom stereocenters. The molecule has 22 heavy (non-hydrogen) atoms. The van der Waals surface area contributed by atoms with Crippen molar-refractivity contribution >= 4 is 17.4 Å². The van der Waals surface area contributed by atoms with Gasteiger partial charge in [0.25, 0.3) is 0 Å². The first-order valence-corrected chi connectivity index (χ1v) is 8.28. The third-order valence-corrected chi connectivity index (χ3v) is 5.19. The highest BCUT2D eigenvalue weighted by atomic mass is 16.5. The van der Waals surface area contributed by atoms with Crippen molar-refractivity contribution in [2.24, 2.45) is 0 Å². The second-order valence-electron chi connectivity index (χ2n) is 6.47. The van der Waals surface area contributed by atoms with Gasteiger partial charge in [0.15, 0.2) is 0 Å². The molecule has 4 rings (SSSR count). The van der Waals surface area contributed by atoms with Gasteiger partial charge in [0.05, 0.1) is 11.4 Å². The molecule has 3 aliphatic heterocycles. The van der Waals surface area contributed by atoms with Crippen LogP contribution < -0.4 is 10.6 Å². The van der Waals surface area contributed by atoms with E-state index in [0.717, 1.165) is 24.6 Å². The van der Waals surface area contributed by atoms with Crippen LogP contribution in [-0.2, 0) is 4.74 Å². The molecule has 1 aromatic carbocycles. The normalized spacial score (nSPS) is 23.9. The van der Waals surface area contributed by atoms with E-state index in [4.69, 9.17) is 4.74 Å². The Morgan fingerprint density at radius 2 is 1.91 bits per heavy atom. The second-order valence-corrected chi connectivity index (χ2v) is 6.47. The zero-order chi connectivity index (χ0) is 14.9. The molecular formula is C17H22N3O2. The maximum Gasteiger partial charge on any atom is 0.346 e. The van der Waals surface area contributed by atoms with Crippen molar-refractivity contribution < 1.29 is 9.53 Å². The summed E-state index contributed by atoms with van der Waals surface area (Å²) in [6, 6.07) is 6.69. The average Bonchev–Trinajstić information content (AvgIpc) is 2.95. The van der Waals surface area contributed by atoms with Gasteiger partial charge in [-0.25, -0.2) is 4.79 Å². The third-order valence-electron chi connectivity index (χ3n) is 5.19. The zero-order valence-electron chi connectivity index (χ0n) is 12.8. The van der Waals surface area contributed by atoms with Gasteiger partial charge in [-0.1, -0.05) is 6.07 Å². The molecule has 1 N–H and O–H groups in total. The van der Waals surface area contributed by atoms with E-state index in [-0.39, 0.29) is 6.03 Å². The summed E-state index contributed by atoms with van der Waals surface area (Å²) < 4.78 is 5.46. The molecule has 1 aromatic rings. The molecular weight excluding hydrogens is 278 g/mol. The first-order valence-electron chi connectivity index (χ1n) is 8.28. The minimum Gasteiger partial charge on any atom is -0.381 e. The number of urea groups is 1. The van der Waals surface area contributed by atoms with E-state index < -0.39 is 0 Å². The van der Waals surface area contributed by atoms with Gasteiger partial charge in [-0.3, -0.25) is 0 Å². The van der Waals surface area contributed by atoms with Gasteiger partial charge in [-0.05, 0) is 62.4 Å². The number of hydrogen-bond donors (Lipinski definition) is 1. The van der Waals surface area contributed by atoms with E-state index in [1.165, 1.54) is 44.3 Å². The van der Waals surface area contributed by atoms with Crippen LogP contribution in [0.15, 0.2) is 18.2 Å². The Labute approximate surface area is 131 Å². The van der Waals surface area contributed by atoms with Gasteiger partial charge in [-0.15, -0.1) is 0 Å². The molecule has 2 saturated heterocycles. The van der Waals surface area contributed by atoms with Gasteiger partial charge < -0.3 is 15.0 Å². The Morgan fingerprint density at radius 3 is 2.68 bits per heavy atom. The number of nitrogens with zero attached hydrogens (tertiary/aromatic N) is 2. The second kappa shape index (κ2) is 5.89. The van der Waals surface area contributed by atoms with Crippen molar-refractivity contribution in [1.29, 1.82) is 0 Å². The van der Waals surface area contributed by atoms with Crippen LogP contribution in [0.2, 0.25) is 0 Å². The third kappa shape index (κ3) is 2.71. The Morgan fingerprint density at radius 1 is 1.14 bits per heavy atom. The molecule has 2 fully saturated rings. The summed E-state index contributed by atoms with van der Waals surface area (Å²) in [5.74, 6) is 0.590. The Kier molecular flexibility index (Phi) is 3.76. The molecule has 0 saturated carbocycles. The Balaban J connectivity index is 1.39. The predicted octanol–water partition coefficient (Wildman–Crippen LogP) is 2.83. The highest BCUT2D eigenvalue weighted by molar-refractivity contribution is 6.02. The van der Waals surface area contributed by atoms with Crippen molar-refractivity contribution in [1.82, 2.24) is 10.2 Å². The molecule has 5 nitrogen and oxygen atoms in total. The lowest BCUT2D eigenvalue weighted by Gasteiger charge is -2.39. The van der Waals surface area contributed by atoms with E-state index in [9.17, 15) is 4.79 Å². The van der Waals surface area contributed by atoms with Gasteiger partial charge in [0.2, 0.25) is 0 Å². The molecule has 1 radical (unpaired) electrons.